The second kappa shape index (κ2) is 9.52. The van der Waals surface area contributed by atoms with E-state index < -0.39 is 0 Å². The van der Waals surface area contributed by atoms with E-state index in [-0.39, 0.29) is 0 Å². The molecule has 1 saturated heterocycles. The highest BCUT2D eigenvalue weighted by atomic mass is 15.2. The van der Waals surface area contributed by atoms with Crippen molar-refractivity contribution < 1.29 is 0 Å². The van der Waals surface area contributed by atoms with Crippen molar-refractivity contribution in [3.8, 4) is 0 Å². The van der Waals surface area contributed by atoms with Crippen LogP contribution in [0.4, 0.5) is 17.5 Å². The highest BCUT2D eigenvalue weighted by Crippen LogP contribution is 2.29. The molecule has 30 heavy (non-hydrogen) atoms. The third kappa shape index (κ3) is 4.35. The maximum absolute atomic E-state index is 7.99. The molecule has 0 spiro atoms. The number of nitrogens with one attached hydrogen (secondary N) is 2. The smallest absolute Gasteiger partial charge is 0.140 e. The lowest BCUT2D eigenvalue weighted by Crippen LogP contribution is -2.22. The predicted molar refractivity (Wildman–Crippen MR) is 126 cm³/mol. The molecule has 4 rings (SSSR count). The standard InChI is InChI=1S/C21H25N7.C2H6/c1-13-6-5-7-15-10-16(21(27-18(13)15)28-8-3-4-9-28)11-24-20-17(14(2)22)19(23)25-12-26-20;1-2/h5-7,10,12,22H,3-4,8-9,11H2,1-2H3,(H3,23,24,25,26);1-2H3. The van der Waals surface area contributed by atoms with Gasteiger partial charge in [0.2, 0.25) is 0 Å². The fraction of sp³-hybridized carbons (Fsp3) is 0.391. The minimum absolute atomic E-state index is 0.317. The van der Waals surface area contributed by atoms with Crippen LogP contribution >= 0.6 is 0 Å². The van der Waals surface area contributed by atoms with Gasteiger partial charge < -0.3 is 21.4 Å². The van der Waals surface area contributed by atoms with Crippen LogP contribution in [0.15, 0.2) is 30.6 Å². The molecule has 0 atom stereocenters. The van der Waals surface area contributed by atoms with Gasteiger partial charge in [0.1, 0.15) is 23.8 Å². The summed E-state index contributed by atoms with van der Waals surface area (Å²) in [5.41, 5.74) is 10.2. The van der Waals surface area contributed by atoms with Gasteiger partial charge >= 0.3 is 0 Å². The molecule has 3 aromatic rings. The summed E-state index contributed by atoms with van der Waals surface area (Å²) in [6, 6.07) is 8.47. The van der Waals surface area contributed by atoms with E-state index in [1.165, 1.54) is 24.7 Å². The molecule has 7 nitrogen and oxygen atoms in total. The molecule has 0 saturated carbocycles. The monoisotopic (exact) mass is 405 g/mol. The summed E-state index contributed by atoms with van der Waals surface area (Å²) < 4.78 is 0. The number of nitrogens with zero attached hydrogens (tertiary/aromatic N) is 4. The van der Waals surface area contributed by atoms with Crippen molar-refractivity contribution in [3.05, 3.63) is 47.3 Å². The molecule has 0 unspecified atom stereocenters. The topological polar surface area (TPSA) is 104 Å². The van der Waals surface area contributed by atoms with Crippen LogP contribution in [0.25, 0.3) is 10.9 Å². The average Bonchev–Trinajstić information content (AvgIpc) is 3.28. The van der Waals surface area contributed by atoms with Crippen molar-refractivity contribution in [2.75, 3.05) is 29.0 Å². The molecule has 1 fully saturated rings. The lowest BCUT2D eigenvalue weighted by molar-refractivity contribution is 0.920. The molecule has 2 aromatic heterocycles. The Morgan fingerprint density at radius 2 is 1.93 bits per heavy atom. The van der Waals surface area contributed by atoms with Crippen LogP contribution in [0.3, 0.4) is 0 Å². The Hall–Kier alpha value is -3.22. The van der Waals surface area contributed by atoms with E-state index in [0.29, 0.717) is 29.5 Å². The molecular formula is C23H31N7. The van der Waals surface area contributed by atoms with Gasteiger partial charge in [0, 0.05) is 36.3 Å². The second-order valence-corrected chi connectivity index (χ2v) is 7.27. The lowest BCUT2D eigenvalue weighted by Gasteiger charge is -2.22. The third-order valence-electron chi connectivity index (χ3n) is 5.21. The number of fused-ring (bicyclic) bond motifs is 1. The summed E-state index contributed by atoms with van der Waals surface area (Å²) in [4.78, 5) is 15.7. The molecule has 4 N–H and O–H groups in total. The number of aromatic nitrogens is 3. The van der Waals surface area contributed by atoms with Gasteiger partial charge in [0.15, 0.2) is 0 Å². The van der Waals surface area contributed by atoms with Gasteiger partial charge in [0.25, 0.3) is 0 Å². The van der Waals surface area contributed by atoms with Gasteiger partial charge in [-0.15, -0.1) is 0 Å². The van der Waals surface area contributed by atoms with Gasteiger partial charge in [-0.3, -0.25) is 0 Å². The molecule has 1 aliphatic heterocycles. The zero-order valence-corrected chi connectivity index (χ0v) is 18.3. The maximum atomic E-state index is 7.99. The highest BCUT2D eigenvalue weighted by Gasteiger charge is 2.19. The summed E-state index contributed by atoms with van der Waals surface area (Å²) >= 11 is 0. The van der Waals surface area contributed by atoms with Gasteiger partial charge in [-0.2, -0.15) is 0 Å². The van der Waals surface area contributed by atoms with E-state index in [1.54, 1.807) is 6.92 Å². The zero-order chi connectivity index (χ0) is 21.7. The second-order valence-electron chi connectivity index (χ2n) is 7.27. The molecule has 0 aliphatic carbocycles. The summed E-state index contributed by atoms with van der Waals surface area (Å²) in [6.45, 7) is 10.4. The molecule has 7 heteroatoms. The predicted octanol–water partition coefficient (Wildman–Crippen LogP) is 4.54. The van der Waals surface area contributed by atoms with Crippen molar-refractivity contribution in [1.29, 1.82) is 5.41 Å². The number of para-hydroxylation sites is 1. The minimum Gasteiger partial charge on any atom is -0.383 e. The van der Waals surface area contributed by atoms with Crippen molar-refractivity contribution in [1.82, 2.24) is 15.0 Å². The third-order valence-corrected chi connectivity index (χ3v) is 5.21. The Balaban J connectivity index is 0.00000124. The van der Waals surface area contributed by atoms with E-state index in [9.17, 15) is 0 Å². The van der Waals surface area contributed by atoms with Gasteiger partial charge in [0.05, 0.1) is 11.1 Å². The van der Waals surface area contributed by atoms with E-state index in [0.717, 1.165) is 35.4 Å². The Kier molecular flexibility index (Phi) is 6.82. The number of nitrogens with two attached hydrogens (primary N) is 1. The molecule has 1 aliphatic rings. The molecule has 1 aromatic carbocycles. The molecule has 3 heterocycles. The first-order valence-electron chi connectivity index (χ1n) is 10.6. The van der Waals surface area contributed by atoms with Gasteiger partial charge in [-0.25, -0.2) is 15.0 Å². The van der Waals surface area contributed by atoms with Crippen molar-refractivity contribution in [2.45, 2.75) is 47.1 Å². The SMILES string of the molecule is CC.CC(=N)c1c(N)ncnc1NCc1cc2cccc(C)c2nc1N1CCCC1. The molecular weight excluding hydrogens is 374 g/mol. The zero-order valence-electron chi connectivity index (χ0n) is 18.3. The van der Waals surface area contributed by atoms with E-state index in [2.05, 4.69) is 51.4 Å². The first-order chi connectivity index (χ1) is 14.5. The number of nitrogen functional groups attached to an aromatic ring is 1. The molecule has 0 bridgehead atoms. The number of aryl methyl sites for hydroxylation is 1. The number of hydrogen-bond acceptors (Lipinski definition) is 7. The number of rotatable bonds is 5. The number of anilines is 3. The van der Waals surface area contributed by atoms with Crippen molar-refractivity contribution in [3.63, 3.8) is 0 Å². The van der Waals surface area contributed by atoms with Crippen LogP contribution in [0.2, 0.25) is 0 Å². The van der Waals surface area contributed by atoms with Crippen LogP contribution in [0, 0.1) is 12.3 Å². The van der Waals surface area contributed by atoms with Crippen LogP contribution in [0.5, 0.6) is 0 Å². The summed E-state index contributed by atoms with van der Waals surface area (Å²) in [6.07, 6.45) is 3.81. The Morgan fingerprint density at radius 3 is 2.63 bits per heavy atom. The highest BCUT2D eigenvalue weighted by molar-refractivity contribution is 6.04. The Morgan fingerprint density at radius 1 is 1.20 bits per heavy atom. The molecule has 158 valence electrons. The normalized spacial score (nSPS) is 13.1. The number of pyridine rings is 1. The fourth-order valence-electron chi connectivity index (χ4n) is 3.80. The first-order valence-corrected chi connectivity index (χ1v) is 10.6. The van der Waals surface area contributed by atoms with Gasteiger partial charge in [-0.1, -0.05) is 32.0 Å². The minimum atomic E-state index is 0.317. The van der Waals surface area contributed by atoms with Crippen LogP contribution in [-0.2, 0) is 6.54 Å². The summed E-state index contributed by atoms with van der Waals surface area (Å²) in [5.74, 6) is 1.93. The Bertz CT molecular complexity index is 1040. The number of hydrogen-bond donors (Lipinski definition) is 3. The van der Waals surface area contributed by atoms with Crippen LogP contribution < -0.4 is 16.0 Å². The van der Waals surface area contributed by atoms with Crippen LogP contribution in [-0.4, -0.2) is 33.8 Å². The maximum Gasteiger partial charge on any atom is 0.140 e. The molecule has 0 radical (unpaired) electrons. The summed E-state index contributed by atoms with van der Waals surface area (Å²) in [7, 11) is 0. The average molecular weight is 406 g/mol. The van der Waals surface area contributed by atoms with Gasteiger partial charge in [-0.05, 0) is 38.3 Å². The Labute approximate surface area is 178 Å². The number of benzene rings is 1. The van der Waals surface area contributed by atoms with Crippen molar-refractivity contribution >= 4 is 34.1 Å². The van der Waals surface area contributed by atoms with E-state index in [4.69, 9.17) is 16.1 Å². The van der Waals surface area contributed by atoms with E-state index in [1.807, 2.05) is 13.8 Å². The summed E-state index contributed by atoms with van der Waals surface area (Å²) in [5, 5.41) is 12.5. The largest absolute Gasteiger partial charge is 0.383 e. The quantitative estimate of drug-likeness (QED) is 0.538. The van der Waals surface area contributed by atoms with E-state index >= 15 is 0 Å². The fourth-order valence-corrected chi connectivity index (χ4v) is 3.80. The van der Waals surface area contributed by atoms with Crippen LogP contribution in [0.1, 0.15) is 50.3 Å². The lowest BCUT2D eigenvalue weighted by atomic mass is 10.1. The van der Waals surface area contributed by atoms with Crippen molar-refractivity contribution in [2.24, 2.45) is 0 Å². The first kappa shape index (κ1) is 21.5. The molecule has 0 amide bonds.